The van der Waals surface area contributed by atoms with Gasteiger partial charge in [0.25, 0.3) is 0 Å². The first-order valence-corrected chi connectivity index (χ1v) is 12.5. The highest BCUT2D eigenvalue weighted by Gasteiger charge is 2.50. The van der Waals surface area contributed by atoms with E-state index in [2.05, 4.69) is 15.9 Å². The predicted octanol–water partition coefficient (Wildman–Crippen LogP) is 5.15. The van der Waals surface area contributed by atoms with Crippen molar-refractivity contribution in [3.05, 3.63) is 59.8 Å². The Morgan fingerprint density at radius 1 is 1.21 bits per heavy atom. The highest BCUT2D eigenvalue weighted by molar-refractivity contribution is 7.89. The van der Waals surface area contributed by atoms with E-state index in [0.717, 1.165) is 37.0 Å². The van der Waals surface area contributed by atoms with Crippen LogP contribution in [0.2, 0.25) is 0 Å². The van der Waals surface area contributed by atoms with Crippen molar-refractivity contribution >= 4 is 15.6 Å². The van der Waals surface area contributed by atoms with Crippen molar-refractivity contribution in [1.29, 1.82) is 0 Å². The smallest absolute Gasteiger partial charge is 0.416 e. The van der Waals surface area contributed by atoms with Crippen molar-refractivity contribution in [2.45, 2.75) is 51.4 Å². The summed E-state index contributed by atoms with van der Waals surface area (Å²) in [4.78, 5) is 0. The summed E-state index contributed by atoms with van der Waals surface area (Å²) in [5.41, 5.74) is 0.333. The zero-order valence-electron chi connectivity index (χ0n) is 18.4. The Morgan fingerprint density at radius 3 is 2.48 bits per heavy atom. The standard InChI is InChI=1S/C23H26F3N3O3S/c1-3-29-21(32-19-10-8-17(9-11-19)23(24,25)26)15-20(27-29)16-6-5-7-18(14-16)22(12-13-22)28-33(30,31)4-2/h5-6,8-11,14-15,18,28H,3-4,7,12-13H2,1-2H3. The fourth-order valence-electron chi connectivity index (χ4n) is 3.99. The second kappa shape index (κ2) is 8.64. The number of rotatable bonds is 8. The zero-order valence-corrected chi connectivity index (χ0v) is 19.2. The van der Waals surface area contributed by atoms with Crippen LogP contribution in [0.1, 0.15) is 44.4 Å². The van der Waals surface area contributed by atoms with E-state index in [1.807, 2.05) is 19.1 Å². The Labute approximate surface area is 191 Å². The number of aryl methyl sites for hydroxylation is 1. The Morgan fingerprint density at radius 2 is 1.91 bits per heavy atom. The van der Waals surface area contributed by atoms with Gasteiger partial charge in [0, 0.05) is 24.1 Å². The summed E-state index contributed by atoms with van der Waals surface area (Å²) in [5, 5.41) is 4.59. The first-order valence-electron chi connectivity index (χ1n) is 10.9. The largest absolute Gasteiger partial charge is 0.439 e. The molecule has 1 aromatic heterocycles. The molecule has 0 saturated heterocycles. The van der Waals surface area contributed by atoms with E-state index in [4.69, 9.17) is 4.74 Å². The molecule has 2 aromatic rings. The van der Waals surface area contributed by atoms with Gasteiger partial charge in [0.1, 0.15) is 5.75 Å². The maximum absolute atomic E-state index is 12.8. The molecule has 0 amide bonds. The number of hydrogen-bond donors (Lipinski definition) is 1. The van der Waals surface area contributed by atoms with Crippen LogP contribution in [0.25, 0.3) is 5.57 Å². The molecule has 2 aliphatic carbocycles. The lowest BCUT2D eigenvalue weighted by molar-refractivity contribution is -0.137. The van der Waals surface area contributed by atoms with Gasteiger partial charge in [-0.15, -0.1) is 0 Å². The molecule has 1 fully saturated rings. The maximum atomic E-state index is 12.8. The van der Waals surface area contributed by atoms with Crippen LogP contribution in [0.3, 0.4) is 0 Å². The minimum atomic E-state index is -4.41. The molecular formula is C23H26F3N3O3S. The molecule has 6 nitrogen and oxygen atoms in total. The summed E-state index contributed by atoms with van der Waals surface area (Å²) in [6, 6.07) is 6.26. The molecule has 0 aliphatic heterocycles. The quantitative estimate of drug-likeness (QED) is 0.566. The van der Waals surface area contributed by atoms with Gasteiger partial charge in [0.15, 0.2) is 0 Å². The molecule has 4 rings (SSSR count). The van der Waals surface area contributed by atoms with E-state index in [1.54, 1.807) is 17.7 Å². The van der Waals surface area contributed by atoms with Crippen molar-refractivity contribution < 1.29 is 26.3 Å². The topological polar surface area (TPSA) is 73.2 Å². The first kappa shape index (κ1) is 23.6. The van der Waals surface area contributed by atoms with Crippen LogP contribution >= 0.6 is 0 Å². The number of nitrogens with zero attached hydrogens (tertiary/aromatic N) is 2. The van der Waals surface area contributed by atoms with Gasteiger partial charge >= 0.3 is 6.18 Å². The van der Waals surface area contributed by atoms with E-state index in [0.29, 0.717) is 18.1 Å². The van der Waals surface area contributed by atoms with Crippen LogP contribution < -0.4 is 9.46 Å². The molecular weight excluding hydrogens is 455 g/mol. The van der Waals surface area contributed by atoms with Gasteiger partial charge in [0.2, 0.25) is 15.9 Å². The molecule has 0 spiro atoms. The van der Waals surface area contributed by atoms with Crippen LogP contribution in [-0.2, 0) is 22.7 Å². The number of hydrogen-bond acceptors (Lipinski definition) is 4. The fraction of sp³-hybridized carbons (Fsp3) is 0.435. The molecule has 33 heavy (non-hydrogen) atoms. The van der Waals surface area contributed by atoms with Gasteiger partial charge in [-0.1, -0.05) is 18.2 Å². The van der Waals surface area contributed by atoms with E-state index >= 15 is 0 Å². The van der Waals surface area contributed by atoms with Gasteiger partial charge in [0.05, 0.1) is 17.0 Å². The van der Waals surface area contributed by atoms with Gasteiger partial charge in [-0.25, -0.2) is 17.8 Å². The number of allylic oxidation sites excluding steroid dienone is 3. The number of halogens is 3. The first-order chi connectivity index (χ1) is 15.5. The summed E-state index contributed by atoms with van der Waals surface area (Å²) in [5.74, 6) is 0.752. The number of aromatic nitrogens is 2. The van der Waals surface area contributed by atoms with Gasteiger partial charge < -0.3 is 4.74 Å². The summed E-state index contributed by atoms with van der Waals surface area (Å²) >= 11 is 0. The summed E-state index contributed by atoms with van der Waals surface area (Å²) in [6.07, 6.45) is 3.93. The fourth-order valence-corrected chi connectivity index (χ4v) is 5.10. The molecule has 0 radical (unpaired) electrons. The molecule has 1 heterocycles. The average Bonchev–Trinajstić information content (AvgIpc) is 3.44. The molecule has 1 aromatic carbocycles. The van der Waals surface area contributed by atoms with Crippen LogP contribution in [-0.4, -0.2) is 29.5 Å². The lowest BCUT2D eigenvalue weighted by atomic mass is 9.87. The summed E-state index contributed by atoms with van der Waals surface area (Å²) in [7, 11) is -3.31. The lowest BCUT2D eigenvalue weighted by Gasteiger charge is -2.26. The number of sulfonamides is 1. The van der Waals surface area contributed by atoms with Crippen LogP contribution in [0.15, 0.2) is 48.6 Å². The Bertz CT molecular complexity index is 1180. The molecule has 1 atom stereocenters. The molecule has 1 saturated carbocycles. The summed E-state index contributed by atoms with van der Waals surface area (Å²) < 4.78 is 73.0. The van der Waals surface area contributed by atoms with Gasteiger partial charge in [-0.3, -0.25) is 0 Å². The van der Waals surface area contributed by atoms with Gasteiger partial charge in [-0.05, 0) is 62.9 Å². The Balaban J connectivity index is 1.56. The molecule has 10 heteroatoms. The number of ether oxygens (including phenoxy) is 1. The second-order valence-corrected chi connectivity index (χ2v) is 10.3. The zero-order chi connectivity index (χ0) is 23.9. The minimum Gasteiger partial charge on any atom is -0.439 e. The number of benzene rings is 1. The third-order valence-corrected chi connectivity index (χ3v) is 7.53. The third-order valence-electron chi connectivity index (χ3n) is 6.05. The molecule has 1 N–H and O–H groups in total. The highest BCUT2D eigenvalue weighted by atomic mass is 32.2. The van der Waals surface area contributed by atoms with E-state index < -0.39 is 27.3 Å². The van der Waals surface area contributed by atoms with E-state index in [-0.39, 0.29) is 17.4 Å². The van der Waals surface area contributed by atoms with Crippen LogP contribution in [0.5, 0.6) is 11.6 Å². The number of nitrogens with one attached hydrogen (secondary N) is 1. The van der Waals surface area contributed by atoms with Crippen molar-refractivity contribution in [2.75, 3.05) is 5.75 Å². The van der Waals surface area contributed by atoms with Crippen LogP contribution in [0, 0.1) is 5.92 Å². The average molecular weight is 482 g/mol. The Hall–Kier alpha value is -2.59. The molecule has 1 unspecified atom stereocenters. The third kappa shape index (κ3) is 5.16. The molecule has 178 valence electrons. The lowest BCUT2D eigenvalue weighted by Crippen LogP contribution is -2.43. The van der Waals surface area contributed by atoms with Crippen molar-refractivity contribution in [2.24, 2.45) is 5.92 Å². The van der Waals surface area contributed by atoms with Gasteiger partial charge in [-0.2, -0.15) is 18.3 Å². The minimum absolute atomic E-state index is 0.0184. The van der Waals surface area contributed by atoms with Crippen molar-refractivity contribution in [3.8, 4) is 11.6 Å². The predicted molar refractivity (Wildman–Crippen MR) is 119 cm³/mol. The Kier molecular flexibility index (Phi) is 6.17. The monoisotopic (exact) mass is 481 g/mol. The van der Waals surface area contributed by atoms with E-state index in [9.17, 15) is 21.6 Å². The van der Waals surface area contributed by atoms with Crippen molar-refractivity contribution in [3.63, 3.8) is 0 Å². The maximum Gasteiger partial charge on any atom is 0.416 e. The van der Waals surface area contributed by atoms with E-state index in [1.165, 1.54) is 12.1 Å². The summed E-state index contributed by atoms with van der Waals surface area (Å²) in [6.45, 7) is 4.02. The number of alkyl halides is 3. The van der Waals surface area contributed by atoms with Crippen molar-refractivity contribution in [1.82, 2.24) is 14.5 Å². The molecule has 0 bridgehead atoms. The SMILES string of the molecule is CCn1nc(C2=CC(C3(NS(=O)(=O)CC)CC3)CC=C2)cc1Oc1ccc(C(F)(F)F)cc1. The normalized spacial score (nSPS) is 19.9. The van der Waals surface area contributed by atoms with Crippen LogP contribution in [0.4, 0.5) is 13.2 Å². The highest BCUT2D eigenvalue weighted by Crippen LogP contribution is 2.47. The second-order valence-electron chi connectivity index (χ2n) is 8.34. The molecule has 2 aliphatic rings.